The number of benzene rings is 1. The summed E-state index contributed by atoms with van der Waals surface area (Å²) in [5.74, 6) is -0.178. The van der Waals surface area contributed by atoms with Crippen LogP contribution in [0.25, 0.3) is 0 Å². The number of likely N-dealkylation sites (tertiary alicyclic amines) is 1. The fourth-order valence-electron chi connectivity index (χ4n) is 4.01. The van der Waals surface area contributed by atoms with Gasteiger partial charge >= 0.3 is 0 Å². The summed E-state index contributed by atoms with van der Waals surface area (Å²) in [6, 6.07) is 8.22. The van der Waals surface area contributed by atoms with E-state index in [4.69, 9.17) is 5.73 Å². The molecule has 0 radical (unpaired) electrons. The molecular weight excluding hydrogens is 265 g/mol. The first kappa shape index (κ1) is 14.8. The maximum atomic E-state index is 13.6. The van der Waals surface area contributed by atoms with Crippen LogP contribution in [-0.4, -0.2) is 42.2 Å². The van der Waals surface area contributed by atoms with Crippen molar-refractivity contribution >= 4 is 5.69 Å². The standard InChI is InChI=1S/C17H26FN3/c1-3-21(16-6-4-5-14(18)9-16)17(11-19)10-13(2)20(12-17)15-7-8-15/h4-6,9,13,15H,3,7-8,10-12,19H2,1-2H3. The number of anilines is 1. The molecule has 3 rings (SSSR count). The third kappa shape index (κ3) is 2.67. The highest BCUT2D eigenvalue weighted by Crippen LogP contribution is 2.40. The number of halogens is 1. The lowest BCUT2D eigenvalue weighted by Gasteiger charge is -2.42. The monoisotopic (exact) mass is 291 g/mol. The summed E-state index contributed by atoms with van der Waals surface area (Å²) in [5.41, 5.74) is 7.09. The lowest BCUT2D eigenvalue weighted by molar-refractivity contribution is 0.248. The van der Waals surface area contributed by atoms with Crippen molar-refractivity contribution in [2.24, 2.45) is 5.73 Å². The Labute approximate surface area is 126 Å². The molecule has 21 heavy (non-hydrogen) atoms. The average molecular weight is 291 g/mol. The van der Waals surface area contributed by atoms with Crippen LogP contribution in [-0.2, 0) is 0 Å². The van der Waals surface area contributed by atoms with Gasteiger partial charge in [-0.25, -0.2) is 4.39 Å². The predicted octanol–water partition coefficient (Wildman–Crippen LogP) is 2.61. The predicted molar refractivity (Wildman–Crippen MR) is 85.0 cm³/mol. The van der Waals surface area contributed by atoms with Crippen molar-refractivity contribution in [1.82, 2.24) is 4.90 Å². The minimum absolute atomic E-state index is 0.0649. The van der Waals surface area contributed by atoms with Crippen molar-refractivity contribution in [3.8, 4) is 0 Å². The van der Waals surface area contributed by atoms with Crippen molar-refractivity contribution in [2.75, 3.05) is 24.5 Å². The summed E-state index contributed by atoms with van der Waals surface area (Å²) < 4.78 is 13.6. The summed E-state index contributed by atoms with van der Waals surface area (Å²) in [6.45, 7) is 6.90. The molecular formula is C17H26FN3. The SMILES string of the molecule is CCN(c1cccc(F)c1)C1(CN)CC(C)N(C2CC2)C1. The van der Waals surface area contributed by atoms with Gasteiger partial charge in [-0.1, -0.05) is 6.07 Å². The van der Waals surface area contributed by atoms with Gasteiger partial charge in [0.25, 0.3) is 0 Å². The summed E-state index contributed by atoms with van der Waals surface area (Å²) >= 11 is 0. The number of rotatable bonds is 5. The van der Waals surface area contributed by atoms with E-state index in [1.807, 2.05) is 6.07 Å². The van der Waals surface area contributed by atoms with Gasteiger partial charge in [0.2, 0.25) is 0 Å². The maximum Gasteiger partial charge on any atom is 0.125 e. The Hall–Kier alpha value is -1.13. The average Bonchev–Trinajstić information content (AvgIpc) is 3.25. The van der Waals surface area contributed by atoms with Crippen molar-refractivity contribution in [2.45, 2.75) is 50.7 Å². The first-order valence-electron chi connectivity index (χ1n) is 8.08. The Bertz CT molecular complexity index is 503. The van der Waals surface area contributed by atoms with E-state index in [0.717, 1.165) is 31.2 Å². The van der Waals surface area contributed by atoms with Gasteiger partial charge in [-0.05, 0) is 51.3 Å². The molecule has 1 heterocycles. The van der Waals surface area contributed by atoms with Crippen LogP contribution in [0.4, 0.5) is 10.1 Å². The molecule has 2 aliphatic rings. The molecule has 0 spiro atoms. The van der Waals surface area contributed by atoms with Crippen LogP contribution < -0.4 is 10.6 Å². The second-order valence-electron chi connectivity index (χ2n) is 6.61. The molecule has 0 bridgehead atoms. The fraction of sp³-hybridized carbons (Fsp3) is 0.647. The minimum Gasteiger partial charge on any atom is -0.363 e. The number of hydrogen-bond donors (Lipinski definition) is 1. The van der Waals surface area contributed by atoms with Gasteiger partial charge in [-0.3, -0.25) is 4.90 Å². The van der Waals surface area contributed by atoms with E-state index in [9.17, 15) is 4.39 Å². The highest BCUT2D eigenvalue weighted by molar-refractivity contribution is 5.50. The summed E-state index contributed by atoms with van der Waals surface area (Å²) in [5, 5.41) is 0. The minimum atomic E-state index is -0.178. The molecule has 1 saturated heterocycles. The van der Waals surface area contributed by atoms with E-state index in [2.05, 4.69) is 23.6 Å². The van der Waals surface area contributed by atoms with Gasteiger partial charge in [0, 0.05) is 37.4 Å². The second-order valence-corrected chi connectivity index (χ2v) is 6.61. The third-order valence-electron chi connectivity index (χ3n) is 5.12. The number of nitrogens with zero attached hydrogens (tertiary/aromatic N) is 2. The van der Waals surface area contributed by atoms with Crippen LogP contribution in [0, 0.1) is 5.82 Å². The quantitative estimate of drug-likeness (QED) is 0.905. The molecule has 1 aliphatic carbocycles. The highest BCUT2D eigenvalue weighted by atomic mass is 19.1. The molecule has 1 aromatic rings. The van der Waals surface area contributed by atoms with Gasteiger partial charge in [0.1, 0.15) is 5.82 Å². The van der Waals surface area contributed by atoms with Crippen molar-refractivity contribution in [1.29, 1.82) is 0 Å². The second kappa shape index (κ2) is 5.58. The van der Waals surface area contributed by atoms with E-state index >= 15 is 0 Å². The first-order valence-corrected chi connectivity index (χ1v) is 8.08. The largest absolute Gasteiger partial charge is 0.363 e. The molecule has 2 unspecified atom stereocenters. The van der Waals surface area contributed by atoms with Gasteiger partial charge < -0.3 is 10.6 Å². The highest BCUT2D eigenvalue weighted by Gasteiger charge is 2.49. The molecule has 116 valence electrons. The zero-order chi connectivity index (χ0) is 15.0. The van der Waals surface area contributed by atoms with Gasteiger partial charge in [0.05, 0.1) is 5.54 Å². The number of likely N-dealkylation sites (N-methyl/N-ethyl adjacent to an activating group) is 1. The summed E-state index contributed by atoms with van der Waals surface area (Å²) in [7, 11) is 0. The van der Waals surface area contributed by atoms with E-state index in [-0.39, 0.29) is 11.4 Å². The maximum absolute atomic E-state index is 13.6. The number of nitrogens with two attached hydrogens (primary N) is 1. The molecule has 2 N–H and O–H groups in total. The lowest BCUT2D eigenvalue weighted by Crippen LogP contribution is -2.56. The molecule has 1 saturated carbocycles. The summed E-state index contributed by atoms with van der Waals surface area (Å²) in [6.07, 6.45) is 3.69. The smallest absolute Gasteiger partial charge is 0.125 e. The van der Waals surface area contributed by atoms with E-state index < -0.39 is 0 Å². The molecule has 1 aliphatic heterocycles. The molecule has 2 fully saturated rings. The first-order chi connectivity index (χ1) is 10.1. The van der Waals surface area contributed by atoms with Crippen molar-refractivity contribution < 1.29 is 4.39 Å². The molecule has 2 atom stereocenters. The summed E-state index contributed by atoms with van der Waals surface area (Å²) in [4.78, 5) is 4.92. The Morgan fingerprint density at radius 3 is 2.76 bits per heavy atom. The Morgan fingerprint density at radius 2 is 2.19 bits per heavy atom. The van der Waals surface area contributed by atoms with Crippen LogP contribution in [0.15, 0.2) is 24.3 Å². The zero-order valence-electron chi connectivity index (χ0n) is 13.1. The third-order valence-corrected chi connectivity index (χ3v) is 5.12. The van der Waals surface area contributed by atoms with Gasteiger partial charge in [-0.2, -0.15) is 0 Å². The Kier molecular flexibility index (Phi) is 3.93. The normalized spacial score (nSPS) is 29.8. The molecule has 0 amide bonds. The topological polar surface area (TPSA) is 32.5 Å². The lowest BCUT2D eigenvalue weighted by atomic mass is 9.93. The Morgan fingerprint density at radius 1 is 1.43 bits per heavy atom. The molecule has 4 heteroatoms. The van der Waals surface area contributed by atoms with Crippen LogP contribution in [0.5, 0.6) is 0 Å². The molecule has 1 aromatic carbocycles. The van der Waals surface area contributed by atoms with Crippen molar-refractivity contribution in [3.05, 3.63) is 30.1 Å². The van der Waals surface area contributed by atoms with Crippen LogP contribution in [0.3, 0.4) is 0 Å². The Balaban J connectivity index is 1.90. The van der Waals surface area contributed by atoms with E-state index in [1.54, 1.807) is 12.1 Å². The molecule has 3 nitrogen and oxygen atoms in total. The molecule has 0 aromatic heterocycles. The van der Waals surface area contributed by atoms with Gasteiger partial charge in [0.15, 0.2) is 0 Å². The van der Waals surface area contributed by atoms with Crippen LogP contribution in [0.2, 0.25) is 0 Å². The van der Waals surface area contributed by atoms with Crippen molar-refractivity contribution in [3.63, 3.8) is 0 Å². The van der Waals surface area contributed by atoms with Crippen LogP contribution >= 0.6 is 0 Å². The zero-order valence-corrected chi connectivity index (χ0v) is 13.1. The van der Waals surface area contributed by atoms with E-state index in [1.165, 1.54) is 18.9 Å². The van der Waals surface area contributed by atoms with Gasteiger partial charge in [-0.15, -0.1) is 0 Å². The fourth-order valence-corrected chi connectivity index (χ4v) is 4.01. The number of hydrogen-bond acceptors (Lipinski definition) is 3. The van der Waals surface area contributed by atoms with Crippen LogP contribution in [0.1, 0.15) is 33.1 Å². The van der Waals surface area contributed by atoms with E-state index in [0.29, 0.717) is 12.6 Å².